The number of methoxy groups -OCH3 is 3. The second kappa shape index (κ2) is 41.9. The molecule has 598 valence electrons. The molecule has 4 aliphatic rings. The Morgan fingerprint density at radius 3 is 1.28 bits per heavy atom. The van der Waals surface area contributed by atoms with Gasteiger partial charge in [0.25, 0.3) is 11.8 Å². The molecule has 0 saturated carbocycles. The molecule has 4 heterocycles. The van der Waals surface area contributed by atoms with E-state index in [0.29, 0.717) is 41.9 Å². The Labute approximate surface area is 663 Å². The van der Waals surface area contributed by atoms with Gasteiger partial charge in [-0.25, -0.2) is 4.79 Å². The molecule has 4 aliphatic heterocycles. The Hall–Kier alpha value is -9.90. The van der Waals surface area contributed by atoms with Gasteiger partial charge in [0.2, 0.25) is 0 Å². The lowest BCUT2D eigenvalue weighted by Gasteiger charge is -2.51. The zero-order valence-electron chi connectivity index (χ0n) is 64.0. The average Bonchev–Trinajstić information content (AvgIpc) is 1.52. The molecule has 0 spiro atoms. The number of ether oxygens (including phenoxy) is 17. The highest BCUT2D eigenvalue weighted by molar-refractivity contribution is 6.21. The number of esters is 2. The second-order valence-electron chi connectivity index (χ2n) is 28.1. The number of aliphatic hydroxyl groups excluding tert-OH is 1. The van der Waals surface area contributed by atoms with Crippen LogP contribution in [-0.2, 0) is 122 Å². The molecule has 13 rings (SSSR count). The minimum absolute atomic E-state index is 0.00832. The predicted octanol–water partition coefficient (Wildman–Crippen LogP) is 12.9. The van der Waals surface area contributed by atoms with E-state index in [4.69, 9.17) is 80.5 Å². The molecule has 9 aromatic carbocycles. The summed E-state index contributed by atoms with van der Waals surface area (Å²) in [6, 6.07) is 76.1. The largest absolute Gasteiger partial charge is 0.497 e. The van der Waals surface area contributed by atoms with Gasteiger partial charge in [-0.15, -0.1) is 0 Å². The molecule has 0 bridgehead atoms. The SMILES string of the molecule is COC(=O)CCCCCO[C@@H]1O[C@H](COCc2ccc(OC)cc2)[C@@H](O[C@@H]2O[C@H](CO[C@H]3O[C@H](COCc4ccccc4)[C@H](OCc4ccccc4)[C@H](OCc4ccccc4)[C@H]3OCc3ccccc3)[C@H](O)[C@H](OCc3ccc(OC)cc3)[C@H]2OC(=O)c2ccccc2)[C@H](OCc2ccccc2)[C@H]1N1C(=O)c2ccccc2C1=O. The van der Waals surface area contributed by atoms with Gasteiger partial charge in [-0.3, -0.25) is 19.3 Å². The van der Waals surface area contributed by atoms with E-state index < -0.39 is 116 Å². The van der Waals surface area contributed by atoms with Gasteiger partial charge in [0, 0.05) is 13.0 Å². The first-order valence-corrected chi connectivity index (χ1v) is 38.5. The molecule has 2 amide bonds. The molecule has 0 unspecified atom stereocenters. The van der Waals surface area contributed by atoms with Crippen molar-refractivity contribution in [3.63, 3.8) is 0 Å². The van der Waals surface area contributed by atoms with Crippen LogP contribution in [-0.4, -0.2) is 174 Å². The number of fused-ring (bicyclic) bond motifs is 1. The lowest BCUT2D eigenvalue weighted by Crippen LogP contribution is -2.69. The van der Waals surface area contributed by atoms with E-state index in [1.54, 1.807) is 93.1 Å². The van der Waals surface area contributed by atoms with E-state index in [2.05, 4.69) is 0 Å². The van der Waals surface area contributed by atoms with E-state index in [0.717, 1.165) is 32.7 Å². The smallest absolute Gasteiger partial charge is 0.338 e. The van der Waals surface area contributed by atoms with E-state index >= 15 is 14.4 Å². The number of rotatable bonds is 40. The van der Waals surface area contributed by atoms with Gasteiger partial charge < -0.3 is 85.6 Å². The van der Waals surface area contributed by atoms with Crippen molar-refractivity contribution >= 4 is 23.8 Å². The Bertz CT molecular complexity index is 4370. The summed E-state index contributed by atoms with van der Waals surface area (Å²) in [4.78, 5) is 59.1. The fraction of sp³-hybridized carbons (Fsp3) is 0.363. The molecule has 0 aromatic heterocycles. The van der Waals surface area contributed by atoms with Gasteiger partial charge in [0.1, 0.15) is 78.6 Å². The molecule has 23 nitrogen and oxygen atoms in total. The number of benzene rings is 9. The summed E-state index contributed by atoms with van der Waals surface area (Å²) in [6.45, 7) is -0.381. The first-order valence-electron chi connectivity index (χ1n) is 38.5. The van der Waals surface area contributed by atoms with Crippen molar-refractivity contribution in [3.05, 3.63) is 310 Å². The van der Waals surface area contributed by atoms with Crippen LogP contribution in [0.15, 0.2) is 255 Å². The summed E-state index contributed by atoms with van der Waals surface area (Å²) in [5.41, 5.74) is 6.07. The van der Waals surface area contributed by atoms with Gasteiger partial charge in [-0.1, -0.05) is 213 Å². The number of amides is 2. The first-order chi connectivity index (χ1) is 56.0. The Morgan fingerprint density at radius 1 is 0.368 bits per heavy atom. The Morgan fingerprint density at radius 2 is 0.781 bits per heavy atom. The maximum atomic E-state index is 15.3. The number of carbonyl (C=O) groups excluding carboxylic acids is 4. The quantitative estimate of drug-likeness (QED) is 0.0213. The highest BCUT2D eigenvalue weighted by atomic mass is 16.8. The van der Waals surface area contributed by atoms with Crippen molar-refractivity contribution in [1.82, 2.24) is 4.90 Å². The summed E-state index contributed by atoms with van der Waals surface area (Å²) in [5.74, 6) is -1.29. The van der Waals surface area contributed by atoms with Crippen molar-refractivity contribution in [2.75, 3.05) is 47.8 Å². The van der Waals surface area contributed by atoms with Crippen LogP contribution in [0.5, 0.6) is 11.5 Å². The van der Waals surface area contributed by atoms with Crippen LogP contribution < -0.4 is 9.47 Å². The summed E-state index contributed by atoms with van der Waals surface area (Å²) in [6.07, 6.45) is -17.2. The van der Waals surface area contributed by atoms with Crippen molar-refractivity contribution in [3.8, 4) is 11.5 Å². The third-order valence-electron chi connectivity index (χ3n) is 20.3. The van der Waals surface area contributed by atoms with E-state index in [-0.39, 0.29) is 95.1 Å². The fourth-order valence-corrected chi connectivity index (χ4v) is 14.3. The molecule has 114 heavy (non-hydrogen) atoms. The number of carbonyl (C=O) groups is 4. The second-order valence-corrected chi connectivity index (χ2v) is 28.1. The van der Waals surface area contributed by atoms with Gasteiger partial charge in [0.05, 0.1) is 104 Å². The monoisotopic (exact) mass is 1560 g/mol. The maximum absolute atomic E-state index is 15.3. The molecule has 0 radical (unpaired) electrons. The van der Waals surface area contributed by atoms with Crippen LogP contribution in [0.1, 0.15) is 95.7 Å². The fourth-order valence-electron chi connectivity index (χ4n) is 14.3. The third kappa shape index (κ3) is 21.9. The first kappa shape index (κ1) is 82.1. The molecule has 15 atom stereocenters. The van der Waals surface area contributed by atoms with Crippen molar-refractivity contribution in [2.24, 2.45) is 0 Å². The Balaban J connectivity index is 0.916. The summed E-state index contributed by atoms with van der Waals surface area (Å²) in [7, 11) is 4.47. The predicted molar refractivity (Wildman–Crippen MR) is 416 cm³/mol. The van der Waals surface area contributed by atoms with Crippen molar-refractivity contribution < 1.29 is 105 Å². The summed E-state index contributed by atoms with van der Waals surface area (Å²) in [5, 5.41) is 13.5. The Kier molecular flexibility index (Phi) is 30.2. The van der Waals surface area contributed by atoms with Gasteiger partial charge >= 0.3 is 11.9 Å². The van der Waals surface area contributed by atoms with Crippen LogP contribution in [0.25, 0.3) is 0 Å². The molecule has 1 N–H and O–H groups in total. The van der Waals surface area contributed by atoms with E-state index in [1.807, 2.05) is 176 Å². The number of imide groups is 1. The molecule has 23 heteroatoms. The van der Waals surface area contributed by atoms with Crippen LogP contribution in [0, 0.1) is 0 Å². The van der Waals surface area contributed by atoms with Crippen LogP contribution in [0.2, 0.25) is 0 Å². The van der Waals surface area contributed by atoms with Crippen molar-refractivity contribution in [1.29, 1.82) is 0 Å². The standard InChI is InChI=1S/C91H97NO22/c1-98-69-46-42-66(43-47-69)52-102-59-75-80(81(105-54-63-31-15-6-16-32-63)77(89(111-75)103-50-26-10-23-41-76(93)100-3)92-86(95)71-39-24-25-40-72(71)87(92)96)114-91-85(113-88(97)68-37-21-9-22-38-68)82(106-57-67-44-48-70(99-2)49-45-67)78(94)73(110-91)60-109-90-84(108-56-65-35-19-8-20-36-65)83(107-55-64-33-17-7-18-34-64)79(104-53-62-29-13-5-14-30-62)74(112-90)58-101-51-61-27-11-4-12-28-61/h4-9,11-22,24-25,27-40,42-49,73-75,77-85,89-91,94H,10,23,26,41,50-60H2,1-3H3/t73-,74-,75-,77-,78+,79+,80-,81-,82+,83+,84-,85-,89-,90+,91+/m1/s1. The normalized spacial score (nSPS) is 24.0. The third-order valence-corrected chi connectivity index (χ3v) is 20.3. The highest BCUT2D eigenvalue weighted by Gasteiger charge is 2.59. The minimum atomic E-state index is -1.79. The summed E-state index contributed by atoms with van der Waals surface area (Å²) >= 11 is 0. The molecule has 9 aromatic rings. The molecule has 3 saturated heterocycles. The zero-order valence-corrected chi connectivity index (χ0v) is 64.0. The minimum Gasteiger partial charge on any atom is -0.497 e. The molecule has 3 fully saturated rings. The zero-order chi connectivity index (χ0) is 78.8. The highest BCUT2D eigenvalue weighted by Crippen LogP contribution is 2.41. The maximum Gasteiger partial charge on any atom is 0.338 e. The number of unbranched alkanes of at least 4 members (excludes halogenated alkanes) is 2. The number of nitrogens with zero attached hydrogens (tertiary/aromatic N) is 1. The van der Waals surface area contributed by atoms with Crippen LogP contribution >= 0.6 is 0 Å². The van der Waals surface area contributed by atoms with Gasteiger partial charge in [-0.05, 0) is 100 Å². The summed E-state index contributed by atoms with van der Waals surface area (Å²) < 4.78 is 114. The lowest BCUT2D eigenvalue weighted by molar-refractivity contribution is -0.367. The van der Waals surface area contributed by atoms with E-state index in [1.165, 1.54) is 7.11 Å². The van der Waals surface area contributed by atoms with Crippen molar-refractivity contribution in [2.45, 2.75) is 164 Å². The lowest BCUT2D eigenvalue weighted by atomic mass is 9.93. The van der Waals surface area contributed by atoms with E-state index in [9.17, 15) is 9.90 Å². The molecular weight excluding hydrogens is 1460 g/mol. The topological polar surface area (TPSA) is 249 Å². The van der Waals surface area contributed by atoms with Gasteiger partial charge in [-0.2, -0.15) is 0 Å². The number of aliphatic hydroxyl groups is 1. The van der Waals surface area contributed by atoms with Crippen LogP contribution in [0.4, 0.5) is 0 Å². The van der Waals surface area contributed by atoms with Crippen LogP contribution in [0.3, 0.4) is 0 Å². The molecular formula is C91H97NO22. The molecule has 0 aliphatic carbocycles. The number of hydrogen-bond acceptors (Lipinski definition) is 22. The number of hydrogen-bond donors (Lipinski definition) is 1. The average molecular weight is 1560 g/mol. The van der Waals surface area contributed by atoms with Gasteiger partial charge in [0.15, 0.2) is 25.0 Å².